The Hall–Kier alpha value is -2.64. The Balaban J connectivity index is 1.72. The van der Waals surface area contributed by atoms with Gasteiger partial charge in [0.1, 0.15) is 5.75 Å². The Morgan fingerprint density at radius 2 is 1.90 bits per heavy atom. The van der Waals surface area contributed by atoms with E-state index < -0.39 is 6.61 Å². The van der Waals surface area contributed by atoms with E-state index in [9.17, 15) is 13.6 Å². The van der Waals surface area contributed by atoms with Gasteiger partial charge in [0.2, 0.25) is 5.91 Å². The van der Waals surface area contributed by atoms with Gasteiger partial charge in [-0.2, -0.15) is 13.9 Å². The second-order valence-corrected chi connectivity index (χ2v) is 7.41. The predicted octanol–water partition coefficient (Wildman–Crippen LogP) is 5.26. The highest BCUT2D eigenvalue weighted by molar-refractivity contribution is 6.42. The standard InChI is InChI=1S/C21H19Cl2F2N3O2/c1-12-16(13(2)28(27-12)15-7-8-17(22)18(23)9-15)10-20(29)26-11-14-5-3-4-6-19(14)30-21(24)25/h3-9,21H,10-11H2,1-2H3,(H,26,29). The molecule has 0 atom stereocenters. The van der Waals surface area contributed by atoms with E-state index in [0.717, 1.165) is 16.9 Å². The number of para-hydroxylation sites is 1. The summed E-state index contributed by atoms with van der Waals surface area (Å²) in [5, 5.41) is 8.09. The first-order valence-electron chi connectivity index (χ1n) is 9.06. The number of benzene rings is 2. The van der Waals surface area contributed by atoms with Crippen molar-refractivity contribution in [2.75, 3.05) is 0 Å². The molecule has 0 fully saturated rings. The Labute approximate surface area is 182 Å². The molecule has 1 aromatic heterocycles. The quantitative estimate of drug-likeness (QED) is 0.530. The minimum atomic E-state index is -2.93. The molecule has 1 heterocycles. The molecule has 9 heteroatoms. The summed E-state index contributed by atoms with van der Waals surface area (Å²) >= 11 is 12.1. The fourth-order valence-electron chi connectivity index (χ4n) is 3.08. The first-order chi connectivity index (χ1) is 14.3. The van der Waals surface area contributed by atoms with Crippen LogP contribution in [0.4, 0.5) is 8.78 Å². The third-order valence-electron chi connectivity index (χ3n) is 4.59. The molecule has 30 heavy (non-hydrogen) atoms. The molecular formula is C21H19Cl2F2N3O2. The number of carbonyl (C=O) groups excluding carboxylic acids is 1. The van der Waals surface area contributed by atoms with Gasteiger partial charge < -0.3 is 10.1 Å². The van der Waals surface area contributed by atoms with Gasteiger partial charge in [0, 0.05) is 23.4 Å². The van der Waals surface area contributed by atoms with Gasteiger partial charge in [0.05, 0.1) is 27.8 Å². The highest BCUT2D eigenvalue weighted by Crippen LogP contribution is 2.26. The Bertz CT molecular complexity index is 1070. The maximum Gasteiger partial charge on any atom is 0.387 e. The zero-order chi connectivity index (χ0) is 21.8. The molecule has 0 radical (unpaired) electrons. The molecule has 5 nitrogen and oxygen atoms in total. The van der Waals surface area contributed by atoms with Crippen LogP contribution in [0.3, 0.4) is 0 Å². The number of ether oxygens (including phenoxy) is 1. The van der Waals surface area contributed by atoms with E-state index in [1.807, 2.05) is 13.8 Å². The second kappa shape index (κ2) is 9.45. The van der Waals surface area contributed by atoms with Crippen molar-refractivity contribution in [3.05, 3.63) is 75.0 Å². The lowest BCUT2D eigenvalue weighted by atomic mass is 10.1. The molecule has 0 spiro atoms. The van der Waals surface area contributed by atoms with Crippen molar-refractivity contribution in [2.45, 2.75) is 33.4 Å². The number of nitrogens with zero attached hydrogens (tertiary/aromatic N) is 2. The SMILES string of the molecule is Cc1nn(-c2ccc(Cl)c(Cl)c2)c(C)c1CC(=O)NCc1ccccc1OC(F)F. The topological polar surface area (TPSA) is 56.2 Å². The molecule has 0 saturated heterocycles. The summed E-state index contributed by atoms with van der Waals surface area (Å²) in [6, 6.07) is 11.5. The minimum absolute atomic E-state index is 0.0348. The summed E-state index contributed by atoms with van der Waals surface area (Å²) in [4.78, 5) is 12.5. The van der Waals surface area contributed by atoms with Crippen molar-refractivity contribution >= 4 is 29.1 Å². The highest BCUT2D eigenvalue weighted by Gasteiger charge is 2.17. The van der Waals surface area contributed by atoms with E-state index in [0.29, 0.717) is 21.3 Å². The van der Waals surface area contributed by atoms with Crippen LogP contribution in [0.1, 0.15) is 22.5 Å². The molecule has 0 aliphatic heterocycles. The summed E-state index contributed by atoms with van der Waals surface area (Å²) in [6.07, 6.45) is 0.0941. The van der Waals surface area contributed by atoms with Crippen LogP contribution in [0.15, 0.2) is 42.5 Å². The molecule has 2 aromatic carbocycles. The number of hydrogen-bond acceptors (Lipinski definition) is 3. The van der Waals surface area contributed by atoms with E-state index in [4.69, 9.17) is 23.2 Å². The van der Waals surface area contributed by atoms with Crippen molar-refractivity contribution in [1.82, 2.24) is 15.1 Å². The third-order valence-corrected chi connectivity index (χ3v) is 5.33. The van der Waals surface area contributed by atoms with Crippen molar-refractivity contribution in [1.29, 1.82) is 0 Å². The van der Waals surface area contributed by atoms with Gasteiger partial charge in [0.25, 0.3) is 0 Å². The molecule has 1 amide bonds. The number of rotatable bonds is 7. The molecule has 0 aliphatic carbocycles. The molecule has 158 valence electrons. The summed E-state index contributed by atoms with van der Waals surface area (Å²) in [5.41, 5.74) is 3.47. The molecule has 1 N–H and O–H groups in total. The van der Waals surface area contributed by atoms with Crippen LogP contribution in [-0.2, 0) is 17.8 Å². The van der Waals surface area contributed by atoms with Crippen LogP contribution < -0.4 is 10.1 Å². The maximum absolute atomic E-state index is 12.5. The monoisotopic (exact) mass is 453 g/mol. The van der Waals surface area contributed by atoms with E-state index in [-0.39, 0.29) is 24.6 Å². The Morgan fingerprint density at radius 1 is 1.17 bits per heavy atom. The van der Waals surface area contributed by atoms with Gasteiger partial charge in [-0.1, -0.05) is 41.4 Å². The zero-order valence-corrected chi connectivity index (χ0v) is 17.8. The number of carbonyl (C=O) groups is 1. The average Bonchev–Trinajstić information content (AvgIpc) is 2.97. The largest absolute Gasteiger partial charge is 0.434 e. The fraction of sp³-hybridized carbons (Fsp3) is 0.238. The predicted molar refractivity (Wildman–Crippen MR) is 112 cm³/mol. The number of aromatic nitrogens is 2. The van der Waals surface area contributed by atoms with Crippen molar-refractivity contribution < 1.29 is 18.3 Å². The second-order valence-electron chi connectivity index (χ2n) is 6.60. The lowest BCUT2D eigenvalue weighted by Gasteiger charge is -2.11. The zero-order valence-electron chi connectivity index (χ0n) is 16.3. The van der Waals surface area contributed by atoms with Crippen molar-refractivity contribution in [2.24, 2.45) is 0 Å². The summed E-state index contributed by atoms with van der Waals surface area (Å²) in [5.74, 6) is -0.227. The minimum Gasteiger partial charge on any atom is -0.434 e. The smallest absolute Gasteiger partial charge is 0.387 e. The fourth-order valence-corrected chi connectivity index (χ4v) is 3.37. The molecular weight excluding hydrogens is 435 g/mol. The van der Waals surface area contributed by atoms with Crippen LogP contribution in [0.2, 0.25) is 10.0 Å². The highest BCUT2D eigenvalue weighted by atomic mass is 35.5. The number of nitrogens with one attached hydrogen (secondary N) is 1. The van der Waals surface area contributed by atoms with Crippen molar-refractivity contribution in [3.8, 4) is 11.4 Å². The van der Waals surface area contributed by atoms with Crippen LogP contribution in [-0.4, -0.2) is 22.3 Å². The summed E-state index contributed by atoms with van der Waals surface area (Å²) in [7, 11) is 0. The number of hydrogen-bond donors (Lipinski definition) is 1. The molecule has 0 bridgehead atoms. The number of amides is 1. The van der Waals surface area contributed by atoms with Gasteiger partial charge in [-0.05, 0) is 38.1 Å². The van der Waals surface area contributed by atoms with E-state index in [2.05, 4.69) is 15.2 Å². The van der Waals surface area contributed by atoms with Crippen LogP contribution in [0.25, 0.3) is 5.69 Å². The van der Waals surface area contributed by atoms with Crippen molar-refractivity contribution in [3.63, 3.8) is 0 Å². The lowest BCUT2D eigenvalue weighted by Crippen LogP contribution is -2.25. The summed E-state index contributed by atoms with van der Waals surface area (Å²) in [6.45, 7) is 0.812. The van der Waals surface area contributed by atoms with Crippen LogP contribution >= 0.6 is 23.2 Å². The summed E-state index contributed by atoms with van der Waals surface area (Å²) < 4.78 is 31.2. The molecule has 3 rings (SSSR count). The molecule has 3 aromatic rings. The third kappa shape index (κ3) is 5.09. The van der Waals surface area contributed by atoms with Gasteiger partial charge >= 0.3 is 6.61 Å². The Kier molecular flexibility index (Phi) is 6.95. The molecule has 0 aliphatic rings. The number of alkyl halides is 2. The van der Waals surface area contributed by atoms with E-state index in [1.54, 1.807) is 41.1 Å². The lowest BCUT2D eigenvalue weighted by molar-refractivity contribution is -0.120. The van der Waals surface area contributed by atoms with Gasteiger partial charge in [-0.15, -0.1) is 0 Å². The first kappa shape index (κ1) is 22.1. The number of halogens is 4. The molecule has 0 unspecified atom stereocenters. The van der Waals surface area contributed by atoms with Crippen LogP contribution in [0, 0.1) is 13.8 Å². The van der Waals surface area contributed by atoms with E-state index in [1.165, 1.54) is 6.07 Å². The normalized spacial score (nSPS) is 11.0. The number of aryl methyl sites for hydroxylation is 1. The van der Waals surface area contributed by atoms with Gasteiger partial charge in [0.15, 0.2) is 0 Å². The Morgan fingerprint density at radius 3 is 2.60 bits per heavy atom. The first-order valence-corrected chi connectivity index (χ1v) is 9.81. The van der Waals surface area contributed by atoms with Gasteiger partial charge in [-0.3, -0.25) is 4.79 Å². The maximum atomic E-state index is 12.5. The average molecular weight is 454 g/mol. The van der Waals surface area contributed by atoms with Gasteiger partial charge in [-0.25, -0.2) is 4.68 Å². The van der Waals surface area contributed by atoms with Crippen LogP contribution in [0.5, 0.6) is 5.75 Å². The molecule has 0 saturated carbocycles. The van der Waals surface area contributed by atoms with E-state index >= 15 is 0 Å².